The molecule has 2 aromatic heterocycles. The highest BCUT2D eigenvalue weighted by Gasteiger charge is 2.27. The standard InChI is InChI=1S/C26H23FN4S/c1-13(2)26-30-21-9-8-18-17-6-4-16(11-23(17)32-25(18)24(21)31-26)15-5-7-19(20(27)10-15)22-12-28-14(3)29-22/h4-8,10-13,21H,9H2,1-3H3,(H,28,29)(H,30,31). The first-order chi connectivity index (χ1) is 15.5. The van der Waals surface area contributed by atoms with Gasteiger partial charge in [0.2, 0.25) is 0 Å². The smallest absolute Gasteiger partial charge is 0.133 e. The summed E-state index contributed by atoms with van der Waals surface area (Å²) in [4.78, 5) is 12.2. The average Bonchev–Trinajstić information content (AvgIpc) is 3.48. The predicted molar refractivity (Wildman–Crippen MR) is 130 cm³/mol. The van der Waals surface area contributed by atoms with Crippen LogP contribution in [0.25, 0.3) is 44.2 Å². The topological polar surface area (TPSA) is 53.1 Å². The van der Waals surface area contributed by atoms with Crippen molar-refractivity contribution < 1.29 is 4.39 Å². The second-order valence-electron chi connectivity index (χ2n) is 8.81. The summed E-state index contributed by atoms with van der Waals surface area (Å²) in [5.74, 6) is 1.99. The highest BCUT2D eigenvalue weighted by Crippen LogP contribution is 2.30. The van der Waals surface area contributed by atoms with Gasteiger partial charge in [0, 0.05) is 21.6 Å². The zero-order valence-electron chi connectivity index (χ0n) is 18.2. The van der Waals surface area contributed by atoms with Gasteiger partial charge in [0.25, 0.3) is 0 Å². The third-order valence-corrected chi connectivity index (χ3v) is 7.45. The Morgan fingerprint density at radius 2 is 1.94 bits per heavy atom. The molecule has 0 amide bonds. The van der Waals surface area contributed by atoms with Gasteiger partial charge >= 0.3 is 0 Å². The number of amidine groups is 1. The van der Waals surface area contributed by atoms with E-state index in [0.29, 0.717) is 17.2 Å². The molecule has 0 spiro atoms. The van der Waals surface area contributed by atoms with Crippen molar-refractivity contribution >= 4 is 39.0 Å². The largest absolute Gasteiger partial charge is 0.365 e. The molecule has 32 heavy (non-hydrogen) atoms. The van der Waals surface area contributed by atoms with E-state index in [4.69, 9.17) is 4.99 Å². The lowest BCUT2D eigenvalue weighted by atomic mass is 10.00. The van der Waals surface area contributed by atoms with E-state index in [1.54, 1.807) is 23.6 Å². The Morgan fingerprint density at radius 3 is 2.69 bits per heavy atom. The number of aromatic amines is 1. The summed E-state index contributed by atoms with van der Waals surface area (Å²) >= 11 is 1.78. The summed E-state index contributed by atoms with van der Waals surface area (Å²) < 4.78 is 17.4. The first-order valence-electron chi connectivity index (χ1n) is 10.9. The third-order valence-electron chi connectivity index (χ3n) is 6.25. The van der Waals surface area contributed by atoms with Crippen LogP contribution in [0.4, 0.5) is 4.39 Å². The van der Waals surface area contributed by atoms with Gasteiger partial charge in [-0.15, -0.1) is 11.3 Å². The van der Waals surface area contributed by atoms with Crippen molar-refractivity contribution in [3.63, 3.8) is 0 Å². The van der Waals surface area contributed by atoms with Gasteiger partial charge in [-0.25, -0.2) is 14.4 Å². The second kappa shape index (κ2) is 7.14. The number of aromatic nitrogens is 2. The van der Waals surface area contributed by atoms with E-state index in [1.165, 1.54) is 25.5 Å². The molecular formula is C26H23FN4S. The summed E-state index contributed by atoms with van der Waals surface area (Å²) in [6, 6.07) is 12.1. The normalized spacial score (nSPS) is 17.2. The van der Waals surface area contributed by atoms with E-state index in [0.717, 1.165) is 29.2 Å². The molecule has 0 bridgehead atoms. The summed E-state index contributed by atoms with van der Waals surface area (Å²) in [6.07, 6.45) is 4.95. The van der Waals surface area contributed by atoms with Crippen LogP contribution in [0.3, 0.4) is 0 Å². The molecule has 0 saturated heterocycles. The molecule has 3 heterocycles. The maximum Gasteiger partial charge on any atom is 0.133 e. The molecule has 2 N–H and O–H groups in total. The van der Waals surface area contributed by atoms with Crippen molar-refractivity contribution in [2.75, 3.05) is 0 Å². The maximum absolute atomic E-state index is 14.9. The molecule has 2 aliphatic rings. The fourth-order valence-electron chi connectivity index (χ4n) is 4.56. The van der Waals surface area contributed by atoms with Gasteiger partial charge in [-0.2, -0.15) is 0 Å². The highest BCUT2D eigenvalue weighted by atomic mass is 32.1. The highest BCUT2D eigenvalue weighted by molar-refractivity contribution is 7.17. The van der Waals surface area contributed by atoms with Gasteiger partial charge in [-0.1, -0.05) is 38.1 Å². The predicted octanol–water partition coefficient (Wildman–Crippen LogP) is 4.72. The molecule has 1 atom stereocenters. The SMILES string of the molecule is Cc1ncc(-c2ccc(-c3ccc4c5c(sc4c3)=C3N=C(C(C)C)NC3CC=5)cc2F)[nH]1. The molecule has 160 valence electrons. The minimum absolute atomic E-state index is 0.254. The zero-order valence-corrected chi connectivity index (χ0v) is 19.0. The molecule has 1 aliphatic heterocycles. The number of thiophene rings is 1. The van der Waals surface area contributed by atoms with E-state index in [2.05, 4.69) is 53.4 Å². The maximum atomic E-state index is 14.9. The van der Waals surface area contributed by atoms with Crippen LogP contribution in [0.2, 0.25) is 0 Å². The first-order valence-corrected chi connectivity index (χ1v) is 11.7. The Balaban J connectivity index is 1.45. The van der Waals surface area contributed by atoms with E-state index in [9.17, 15) is 4.39 Å². The summed E-state index contributed by atoms with van der Waals surface area (Å²) in [6.45, 7) is 6.20. The molecular weight excluding hydrogens is 419 g/mol. The molecule has 1 aliphatic carbocycles. The second-order valence-corrected chi connectivity index (χ2v) is 9.86. The van der Waals surface area contributed by atoms with Crippen molar-refractivity contribution in [3.8, 4) is 22.4 Å². The number of nitrogens with zero attached hydrogens (tertiary/aromatic N) is 2. The summed E-state index contributed by atoms with van der Waals surface area (Å²) in [7, 11) is 0. The molecule has 0 fully saturated rings. The van der Waals surface area contributed by atoms with Crippen LogP contribution in [0, 0.1) is 18.7 Å². The van der Waals surface area contributed by atoms with E-state index < -0.39 is 0 Å². The molecule has 6 rings (SSSR count). The lowest BCUT2D eigenvalue weighted by Crippen LogP contribution is -2.37. The van der Waals surface area contributed by atoms with Gasteiger partial charge in [-0.3, -0.25) is 0 Å². The molecule has 4 aromatic rings. The van der Waals surface area contributed by atoms with Gasteiger partial charge in [-0.05, 0) is 47.9 Å². The van der Waals surface area contributed by atoms with Crippen LogP contribution < -0.4 is 15.1 Å². The number of halogens is 1. The van der Waals surface area contributed by atoms with Crippen molar-refractivity contribution in [2.24, 2.45) is 10.9 Å². The molecule has 1 unspecified atom stereocenters. The minimum atomic E-state index is -0.254. The lowest BCUT2D eigenvalue weighted by molar-refractivity contribution is 0.631. The summed E-state index contributed by atoms with van der Waals surface area (Å²) in [5.41, 5.74) is 4.28. The molecule has 2 aromatic carbocycles. The fraction of sp³-hybridized carbons (Fsp3) is 0.231. The quantitative estimate of drug-likeness (QED) is 0.482. The van der Waals surface area contributed by atoms with Gasteiger partial charge in [0.05, 0.1) is 28.2 Å². The number of aryl methyl sites for hydroxylation is 1. The van der Waals surface area contributed by atoms with Crippen molar-refractivity contribution in [2.45, 2.75) is 33.2 Å². The molecule has 4 nitrogen and oxygen atoms in total. The van der Waals surface area contributed by atoms with E-state index in [-0.39, 0.29) is 11.9 Å². The zero-order chi connectivity index (χ0) is 22.0. The Labute approximate surface area is 189 Å². The Hall–Kier alpha value is -3.25. The van der Waals surface area contributed by atoms with Crippen LogP contribution in [0.5, 0.6) is 0 Å². The monoisotopic (exact) mass is 442 g/mol. The number of fused-ring (bicyclic) bond motifs is 4. The number of hydrogen-bond donors (Lipinski definition) is 2. The number of rotatable bonds is 3. The van der Waals surface area contributed by atoms with E-state index in [1.807, 2.05) is 19.1 Å². The Morgan fingerprint density at radius 1 is 1.12 bits per heavy atom. The molecule has 0 saturated carbocycles. The van der Waals surface area contributed by atoms with Crippen molar-refractivity contribution in [1.29, 1.82) is 0 Å². The lowest BCUT2D eigenvalue weighted by Gasteiger charge is -2.14. The van der Waals surface area contributed by atoms with Crippen LogP contribution in [0.15, 0.2) is 47.6 Å². The molecule has 0 radical (unpaired) electrons. The van der Waals surface area contributed by atoms with Crippen molar-refractivity contribution in [1.82, 2.24) is 15.3 Å². The fourth-order valence-corrected chi connectivity index (χ4v) is 5.85. The summed E-state index contributed by atoms with van der Waals surface area (Å²) in [5, 5.41) is 6.12. The van der Waals surface area contributed by atoms with Crippen LogP contribution >= 0.6 is 11.3 Å². The number of hydrogen-bond acceptors (Lipinski definition) is 4. The van der Waals surface area contributed by atoms with Gasteiger partial charge in [0.1, 0.15) is 17.5 Å². The number of imidazole rings is 1. The van der Waals surface area contributed by atoms with E-state index >= 15 is 0 Å². The average molecular weight is 443 g/mol. The van der Waals surface area contributed by atoms with Gasteiger partial charge in [0.15, 0.2) is 0 Å². The number of nitrogens with one attached hydrogen (secondary N) is 2. The van der Waals surface area contributed by atoms with Crippen LogP contribution in [0.1, 0.15) is 26.1 Å². The Bertz CT molecular complexity index is 1540. The van der Waals surface area contributed by atoms with Crippen LogP contribution in [-0.2, 0) is 0 Å². The van der Waals surface area contributed by atoms with Crippen molar-refractivity contribution in [3.05, 3.63) is 64.0 Å². The van der Waals surface area contributed by atoms with Crippen LogP contribution in [-0.4, -0.2) is 21.8 Å². The third kappa shape index (κ3) is 3.01. The Kier molecular flexibility index (Phi) is 4.33. The van der Waals surface area contributed by atoms with Gasteiger partial charge < -0.3 is 10.3 Å². The number of aliphatic imine (C=N–C) groups is 1. The number of H-pyrrole nitrogens is 1. The minimum Gasteiger partial charge on any atom is -0.365 e. The first kappa shape index (κ1) is 19.4. The number of benzene rings is 2. The molecule has 6 heteroatoms.